The topological polar surface area (TPSA) is 107 Å². The van der Waals surface area contributed by atoms with E-state index < -0.39 is 10.0 Å². The molecular formula is C19H20N4O3S. The van der Waals surface area contributed by atoms with E-state index in [1.165, 1.54) is 24.3 Å². The van der Waals surface area contributed by atoms with Crippen molar-refractivity contribution in [3.8, 4) is 0 Å². The van der Waals surface area contributed by atoms with Crippen LogP contribution in [0.5, 0.6) is 0 Å². The predicted molar refractivity (Wildman–Crippen MR) is 103 cm³/mol. The summed E-state index contributed by atoms with van der Waals surface area (Å²) in [7, 11) is -3.75. The highest BCUT2D eigenvalue weighted by Crippen LogP contribution is 2.15. The lowest BCUT2D eigenvalue weighted by Crippen LogP contribution is -2.14. The summed E-state index contributed by atoms with van der Waals surface area (Å²) in [5.41, 5.74) is 4.08. The second kappa shape index (κ2) is 7.34. The summed E-state index contributed by atoms with van der Waals surface area (Å²) >= 11 is 0. The smallest absolute Gasteiger partial charge is 0.255 e. The Labute approximate surface area is 157 Å². The van der Waals surface area contributed by atoms with Crippen LogP contribution in [0, 0.1) is 13.8 Å². The van der Waals surface area contributed by atoms with Crippen LogP contribution in [0.1, 0.15) is 27.3 Å². The summed E-state index contributed by atoms with van der Waals surface area (Å²) in [5, 5.41) is 12.2. The molecule has 140 valence electrons. The summed E-state index contributed by atoms with van der Waals surface area (Å²) < 4.78 is 24.4. The van der Waals surface area contributed by atoms with Gasteiger partial charge in [0.15, 0.2) is 0 Å². The minimum atomic E-state index is -3.75. The molecule has 0 aliphatic heterocycles. The number of hydrogen-bond acceptors (Lipinski definition) is 4. The lowest BCUT2D eigenvalue weighted by atomic mass is 10.1. The van der Waals surface area contributed by atoms with Gasteiger partial charge >= 0.3 is 0 Å². The standard InChI is InChI=1S/C19H20N4O3S/c1-13-11-14(2)23(22-13)12-15-3-5-16(6-4-15)19(24)21-17-7-9-18(10-8-17)27(20,25)26/h3-11H,12H2,1-2H3,(H,21,24)(H2,20,25,26). The molecule has 0 spiro atoms. The Hall–Kier alpha value is -2.97. The van der Waals surface area contributed by atoms with Crippen molar-refractivity contribution >= 4 is 21.6 Å². The molecule has 0 atom stereocenters. The molecule has 3 aromatic rings. The number of aromatic nitrogens is 2. The molecular weight excluding hydrogens is 364 g/mol. The van der Waals surface area contributed by atoms with Gasteiger partial charge in [0.1, 0.15) is 0 Å². The van der Waals surface area contributed by atoms with E-state index in [1.54, 1.807) is 12.1 Å². The number of sulfonamides is 1. The highest BCUT2D eigenvalue weighted by Gasteiger charge is 2.10. The quantitative estimate of drug-likeness (QED) is 0.704. The van der Waals surface area contributed by atoms with Gasteiger partial charge in [-0.15, -0.1) is 0 Å². The first-order valence-corrected chi connectivity index (χ1v) is 9.81. The Morgan fingerprint density at radius 3 is 2.22 bits per heavy atom. The third kappa shape index (κ3) is 4.60. The second-order valence-corrected chi connectivity index (χ2v) is 7.87. The number of aryl methyl sites for hydroxylation is 2. The molecule has 7 nitrogen and oxygen atoms in total. The monoisotopic (exact) mass is 384 g/mol. The van der Waals surface area contributed by atoms with Crippen molar-refractivity contribution in [3.63, 3.8) is 0 Å². The Bertz CT molecular complexity index is 1070. The molecule has 0 unspecified atom stereocenters. The van der Waals surface area contributed by atoms with E-state index >= 15 is 0 Å². The van der Waals surface area contributed by atoms with Gasteiger partial charge in [-0.05, 0) is 61.9 Å². The van der Waals surface area contributed by atoms with Crippen molar-refractivity contribution in [1.82, 2.24) is 9.78 Å². The van der Waals surface area contributed by atoms with Crippen molar-refractivity contribution in [3.05, 3.63) is 77.1 Å². The largest absolute Gasteiger partial charge is 0.322 e. The van der Waals surface area contributed by atoms with Crippen LogP contribution in [0.3, 0.4) is 0 Å². The molecule has 3 N–H and O–H groups in total. The molecule has 0 aliphatic carbocycles. The van der Waals surface area contributed by atoms with E-state index in [0.29, 0.717) is 17.8 Å². The summed E-state index contributed by atoms with van der Waals surface area (Å²) in [5.74, 6) is -0.281. The van der Waals surface area contributed by atoms with Gasteiger partial charge in [0.2, 0.25) is 10.0 Å². The number of rotatable bonds is 5. The summed E-state index contributed by atoms with van der Waals surface area (Å²) in [4.78, 5) is 12.3. The lowest BCUT2D eigenvalue weighted by Gasteiger charge is -2.08. The van der Waals surface area contributed by atoms with Gasteiger partial charge in [-0.2, -0.15) is 5.10 Å². The van der Waals surface area contributed by atoms with E-state index in [2.05, 4.69) is 10.4 Å². The zero-order chi connectivity index (χ0) is 19.6. The third-order valence-corrected chi connectivity index (χ3v) is 5.02. The van der Waals surface area contributed by atoms with Crippen LogP contribution >= 0.6 is 0 Å². The zero-order valence-corrected chi connectivity index (χ0v) is 15.8. The Morgan fingerprint density at radius 1 is 1.07 bits per heavy atom. The number of anilines is 1. The minimum absolute atomic E-state index is 0.00555. The Morgan fingerprint density at radius 2 is 1.70 bits per heavy atom. The van der Waals surface area contributed by atoms with Gasteiger partial charge in [0.05, 0.1) is 17.1 Å². The van der Waals surface area contributed by atoms with Crippen LogP contribution < -0.4 is 10.5 Å². The average Bonchev–Trinajstić information content (AvgIpc) is 2.92. The van der Waals surface area contributed by atoms with Crippen LogP contribution in [-0.4, -0.2) is 24.1 Å². The van der Waals surface area contributed by atoms with Crippen molar-refractivity contribution in [2.24, 2.45) is 5.14 Å². The maximum Gasteiger partial charge on any atom is 0.255 e. The zero-order valence-electron chi connectivity index (χ0n) is 15.0. The number of hydrogen-bond donors (Lipinski definition) is 2. The Balaban J connectivity index is 1.67. The second-order valence-electron chi connectivity index (χ2n) is 6.31. The summed E-state index contributed by atoms with van der Waals surface area (Å²) in [6.07, 6.45) is 0. The number of carbonyl (C=O) groups excluding carboxylic acids is 1. The van der Waals surface area contributed by atoms with Crippen LogP contribution in [0.25, 0.3) is 0 Å². The van der Waals surface area contributed by atoms with Crippen molar-refractivity contribution in [2.45, 2.75) is 25.3 Å². The van der Waals surface area contributed by atoms with Crippen LogP contribution in [0.15, 0.2) is 59.5 Å². The number of amides is 1. The van der Waals surface area contributed by atoms with Gasteiger partial charge in [0.25, 0.3) is 5.91 Å². The number of carbonyl (C=O) groups is 1. The fraction of sp³-hybridized carbons (Fsp3) is 0.158. The van der Waals surface area contributed by atoms with Gasteiger partial charge in [-0.3, -0.25) is 9.48 Å². The van der Waals surface area contributed by atoms with E-state index in [4.69, 9.17) is 5.14 Å². The normalized spacial score (nSPS) is 11.4. The van der Waals surface area contributed by atoms with E-state index in [0.717, 1.165) is 17.0 Å². The van der Waals surface area contributed by atoms with Crippen LogP contribution in [0.4, 0.5) is 5.69 Å². The van der Waals surface area contributed by atoms with E-state index in [9.17, 15) is 13.2 Å². The molecule has 3 rings (SSSR count). The number of benzene rings is 2. The highest BCUT2D eigenvalue weighted by atomic mass is 32.2. The molecule has 1 aromatic heterocycles. The highest BCUT2D eigenvalue weighted by molar-refractivity contribution is 7.89. The maximum atomic E-state index is 12.4. The molecule has 0 aliphatic rings. The number of primary sulfonamides is 1. The molecule has 0 fully saturated rings. The molecule has 0 saturated heterocycles. The fourth-order valence-corrected chi connectivity index (χ4v) is 3.22. The van der Waals surface area contributed by atoms with E-state index in [1.807, 2.05) is 36.7 Å². The molecule has 27 heavy (non-hydrogen) atoms. The minimum Gasteiger partial charge on any atom is -0.322 e. The average molecular weight is 384 g/mol. The molecule has 0 radical (unpaired) electrons. The van der Waals surface area contributed by atoms with Gasteiger partial charge < -0.3 is 5.32 Å². The maximum absolute atomic E-state index is 12.4. The van der Waals surface area contributed by atoms with Crippen LogP contribution in [0.2, 0.25) is 0 Å². The van der Waals surface area contributed by atoms with E-state index in [-0.39, 0.29) is 10.8 Å². The molecule has 0 bridgehead atoms. The lowest BCUT2D eigenvalue weighted by molar-refractivity contribution is 0.102. The summed E-state index contributed by atoms with van der Waals surface area (Å²) in [6, 6.07) is 15.0. The van der Waals surface area contributed by atoms with Crippen molar-refractivity contribution in [1.29, 1.82) is 0 Å². The van der Waals surface area contributed by atoms with Crippen LogP contribution in [-0.2, 0) is 16.6 Å². The fourth-order valence-electron chi connectivity index (χ4n) is 2.70. The third-order valence-electron chi connectivity index (χ3n) is 4.09. The molecule has 2 aromatic carbocycles. The molecule has 1 heterocycles. The first-order valence-electron chi connectivity index (χ1n) is 8.26. The number of nitrogens with zero attached hydrogens (tertiary/aromatic N) is 2. The number of nitrogens with one attached hydrogen (secondary N) is 1. The van der Waals surface area contributed by atoms with Crippen molar-refractivity contribution < 1.29 is 13.2 Å². The van der Waals surface area contributed by atoms with Gasteiger partial charge in [-0.1, -0.05) is 12.1 Å². The predicted octanol–water partition coefficient (Wildman–Crippen LogP) is 2.45. The number of nitrogens with two attached hydrogens (primary N) is 1. The first kappa shape index (κ1) is 18.8. The summed E-state index contributed by atoms with van der Waals surface area (Å²) in [6.45, 7) is 4.59. The molecule has 0 saturated carbocycles. The Kier molecular flexibility index (Phi) is 5.11. The first-order chi connectivity index (χ1) is 12.7. The van der Waals surface area contributed by atoms with Crippen molar-refractivity contribution in [2.75, 3.05) is 5.32 Å². The van der Waals surface area contributed by atoms with Gasteiger partial charge in [-0.25, -0.2) is 13.6 Å². The van der Waals surface area contributed by atoms with Gasteiger partial charge in [0, 0.05) is 16.9 Å². The SMILES string of the molecule is Cc1cc(C)n(Cc2ccc(C(=O)Nc3ccc(S(N)(=O)=O)cc3)cc2)n1. The molecule has 8 heteroatoms. The molecule has 1 amide bonds.